The number of carboxylic acid groups (broad SMARTS) is 1. The summed E-state index contributed by atoms with van der Waals surface area (Å²) in [5.74, 6) is -1.09. The van der Waals surface area contributed by atoms with E-state index in [1.54, 1.807) is 0 Å². The highest BCUT2D eigenvalue weighted by Crippen LogP contribution is 2.38. The Bertz CT molecular complexity index is 170. The summed E-state index contributed by atoms with van der Waals surface area (Å²) < 4.78 is 15.5. The van der Waals surface area contributed by atoms with Crippen LogP contribution >= 0.6 is 7.37 Å². The summed E-state index contributed by atoms with van der Waals surface area (Å²) in [4.78, 5) is 10.1. The van der Waals surface area contributed by atoms with Crippen LogP contribution in [0, 0.1) is 0 Å². The molecule has 0 rings (SSSR count). The predicted molar refractivity (Wildman–Crippen MR) is 37.6 cm³/mol. The van der Waals surface area contributed by atoms with E-state index in [1.165, 1.54) is 20.3 Å². The fourth-order valence-electron chi connectivity index (χ4n) is 0.426. The zero-order valence-electron chi connectivity index (χ0n) is 6.20. The topological polar surface area (TPSA) is 63.6 Å². The van der Waals surface area contributed by atoms with Gasteiger partial charge in [0.1, 0.15) is 0 Å². The lowest BCUT2D eigenvalue weighted by atomic mass is 10.4. The maximum Gasteiger partial charge on any atom is 0.333 e. The third-order valence-corrected chi connectivity index (χ3v) is 1.58. The Hall–Kier alpha value is -0.340. The standard InChI is InChI=1S/C5H11O4P/c1-4(5(6)7)9-10(2,3)8/h4H,1-3H3,(H,6,7). The Kier molecular flexibility index (Phi) is 3.06. The summed E-state index contributed by atoms with van der Waals surface area (Å²) in [5, 5.41) is 8.30. The Morgan fingerprint density at radius 2 is 2.00 bits per heavy atom. The minimum Gasteiger partial charge on any atom is -0.479 e. The third kappa shape index (κ3) is 4.53. The van der Waals surface area contributed by atoms with Crippen molar-refractivity contribution in [2.75, 3.05) is 13.3 Å². The summed E-state index contributed by atoms with van der Waals surface area (Å²) in [6.07, 6.45) is -0.985. The van der Waals surface area contributed by atoms with Crippen molar-refractivity contribution in [1.29, 1.82) is 0 Å². The highest BCUT2D eigenvalue weighted by atomic mass is 31.2. The quantitative estimate of drug-likeness (QED) is 0.635. The maximum atomic E-state index is 10.8. The van der Waals surface area contributed by atoms with Gasteiger partial charge in [-0.3, -0.25) is 4.57 Å². The molecular weight excluding hydrogens is 155 g/mol. The number of carbonyl (C=O) groups is 1. The second kappa shape index (κ2) is 3.17. The number of hydrogen-bond acceptors (Lipinski definition) is 3. The molecule has 0 saturated carbocycles. The van der Waals surface area contributed by atoms with E-state index >= 15 is 0 Å². The number of hydrogen-bond donors (Lipinski definition) is 1. The van der Waals surface area contributed by atoms with Crippen LogP contribution in [-0.4, -0.2) is 30.5 Å². The second-order valence-corrected chi connectivity index (χ2v) is 5.05. The first-order valence-corrected chi connectivity index (χ1v) is 5.31. The van der Waals surface area contributed by atoms with Gasteiger partial charge in [-0.2, -0.15) is 0 Å². The number of carboxylic acids is 1. The molecular formula is C5H11O4P. The number of aliphatic carboxylic acids is 1. The summed E-state index contributed by atoms with van der Waals surface area (Å²) in [6.45, 7) is 4.11. The average Bonchev–Trinajstić information content (AvgIpc) is 1.60. The maximum absolute atomic E-state index is 10.8. The van der Waals surface area contributed by atoms with Crippen LogP contribution in [0.15, 0.2) is 0 Å². The third-order valence-electron chi connectivity index (χ3n) is 0.760. The molecule has 1 atom stereocenters. The lowest BCUT2D eigenvalue weighted by Crippen LogP contribution is -2.17. The Labute approximate surface area is 59.6 Å². The molecule has 60 valence electrons. The van der Waals surface area contributed by atoms with E-state index in [9.17, 15) is 9.36 Å². The van der Waals surface area contributed by atoms with E-state index in [4.69, 9.17) is 5.11 Å². The van der Waals surface area contributed by atoms with E-state index in [0.29, 0.717) is 0 Å². The van der Waals surface area contributed by atoms with Gasteiger partial charge in [-0.1, -0.05) is 0 Å². The highest BCUT2D eigenvalue weighted by Gasteiger charge is 2.18. The molecule has 0 spiro atoms. The molecule has 1 N–H and O–H groups in total. The van der Waals surface area contributed by atoms with Crippen molar-refractivity contribution in [3.8, 4) is 0 Å². The molecule has 1 unspecified atom stereocenters. The van der Waals surface area contributed by atoms with Crippen molar-refractivity contribution in [2.45, 2.75) is 13.0 Å². The first kappa shape index (κ1) is 9.66. The largest absolute Gasteiger partial charge is 0.479 e. The molecule has 0 radical (unpaired) electrons. The molecule has 0 aromatic heterocycles. The smallest absolute Gasteiger partial charge is 0.333 e. The first-order chi connectivity index (χ1) is 4.33. The van der Waals surface area contributed by atoms with Crippen molar-refractivity contribution in [3.05, 3.63) is 0 Å². The van der Waals surface area contributed by atoms with E-state index in [1.807, 2.05) is 0 Å². The van der Waals surface area contributed by atoms with Gasteiger partial charge in [-0.15, -0.1) is 0 Å². The van der Waals surface area contributed by atoms with Gasteiger partial charge in [0.2, 0.25) is 0 Å². The van der Waals surface area contributed by atoms with Crippen LogP contribution in [0.4, 0.5) is 0 Å². The van der Waals surface area contributed by atoms with Crippen LogP contribution < -0.4 is 0 Å². The predicted octanol–water partition coefficient (Wildman–Crippen LogP) is 1.01. The average molecular weight is 166 g/mol. The number of rotatable bonds is 3. The van der Waals surface area contributed by atoms with E-state index in [-0.39, 0.29) is 0 Å². The summed E-state index contributed by atoms with van der Waals surface area (Å²) in [5.41, 5.74) is 0. The lowest BCUT2D eigenvalue weighted by molar-refractivity contribution is -0.144. The van der Waals surface area contributed by atoms with Crippen LogP contribution in [0.5, 0.6) is 0 Å². The molecule has 0 amide bonds. The molecule has 0 aliphatic rings. The van der Waals surface area contributed by atoms with Crippen LogP contribution in [-0.2, 0) is 13.9 Å². The Morgan fingerprint density at radius 1 is 1.60 bits per heavy atom. The van der Waals surface area contributed by atoms with Crippen LogP contribution in [0.25, 0.3) is 0 Å². The normalized spacial score (nSPS) is 14.7. The molecule has 5 heteroatoms. The molecule has 0 aromatic rings. The lowest BCUT2D eigenvalue weighted by Gasteiger charge is -2.11. The fraction of sp³-hybridized carbons (Fsp3) is 0.800. The van der Waals surface area contributed by atoms with Gasteiger partial charge >= 0.3 is 5.97 Å². The van der Waals surface area contributed by atoms with E-state index in [0.717, 1.165) is 0 Å². The monoisotopic (exact) mass is 166 g/mol. The van der Waals surface area contributed by atoms with E-state index < -0.39 is 19.4 Å². The van der Waals surface area contributed by atoms with Gasteiger partial charge in [0, 0.05) is 13.3 Å². The zero-order valence-corrected chi connectivity index (χ0v) is 7.09. The molecule has 0 bridgehead atoms. The first-order valence-electron chi connectivity index (χ1n) is 2.79. The van der Waals surface area contributed by atoms with E-state index in [2.05, 4.69) is 4.52 Å². The molecule has 0 aliphatic heterocycles. The van der Waals surface area contributed by atoms with Crippen molar-refractivity contribution in [2.24, 2.45) is 0 Å². The molecule has 0 aliphatic carbocycles. The van der Waals surface area contributed by atoms with Crippen molar-refractivity contribution in [3.63, 3.8) is 0 Å². The molecule has 0 heterocycles. The van der Waals surface area contributed by atoms with Gasteiger partial charge < -0.3 is 9.63 Å². The van der Waals surface area contributed by atoms with Gasteiger partial charge in [0.25, 0.3) is 0 Å². The van der Waals surface area contributed by atoms with Crippen LogP contribution in [0.3, 0.4) is 0 Å². The molecule has 4 nitrogen and oxygen atoms in total. The van der Waals surface area contributed by atoms with Crippen LogP contribution in [0.2, 0.25) is 0 Å². The summed E-state index contributed by atoms with van der Waals surface area (Å²) in [7, 11) is -2.66. The SMILES string of the molecule is CC(OP(C)(C)=O)C(=O)O. The van der Waals surface area contributed by atoms with Gasteiger partial charge in [0.15, 0.2) is 13.5 Å². The zero-order chi connectivity index (χ0) is 8.36. The Morgan fingerprint density at radius 3 is 2.10 bits per heavy atom. The van der Waals surface area contributed by atoms with Crippen molar-refractivity contribution < 1.29 is 19.0 Å². The van der Waals surface area contributed by atoms with Crippen molar-refractivity contribution >= 4 is 13.3 Å². The molecule has 10 heavy (non-hydrogen) atoms. The van der Waals surface area contributed by atoms with Gasteiger partial charge in [-0.25, -0.2) is 4.79 Å². The minimum atomic E-state index is -2.66. The molecule has 0 aromatic carbocycles. The fourth-order valence-corrected chi connectivity index (χ4v) is 1.28. The summed E-state index contributed by atoms with van der Waals surface area (Å²) >= 11 is 0. The van der Waals surface area contributed by atoms with Gasteiger partial charge in [0.05, 0.1) is 0 Å². The highest BCUT2D eigenvalue weighted by molar-refractivity contribution is 7.57. The van der Waals surface area contributed by atoms with Crippen LogP contribution in [0.1, 0.15) is 6.92 Å². The minimum absolute atomic E-state index is 0.985. The second-order valence-electron chi connectivity index (χ2n) is 2.34. The Balaban J connectivity index is 3.93. The molecule has 0 fully saturated rings. The van der Waals surface area contributed by atoms with Crippen molar-refractivity contribution in [1.82, 2.24) is 0 Å². The summed E-state index contributed by atoms with van der Waals surface area (Å²) in [6, 6.07) is 0. The molecule has 0 saturated heterocycles. The van der Waals surface area contributed by atoms with Gasteiger partial charge in [-0.05, 0) is 6.92 Å².